The summed E-state index contributed by atoms with van der Waals surface area (Å²) >= 11 is 0. The Morgan fingerprint density at radius 3 is 2.71 bits per heavy atom. The molecule has 1 aliphatic rings. The molecular weight excluding hydrogens is 479 g/mol. The average molecular weight is 501 g/mol. The van der Waals surface area contributed by atoms with Gasteiger partial charge in [-0.05, 0) is 19.1 Å². The van der Waals surface area contributed by atoms with Crippen LogP contribution in [0.5, 0.6) is 0 Å². The van der Waals surface area contributed by atoms with E-state index in [1.54, 1.807) is 11.8 Å². The van der Waals surface area contributed by atoms with Gasteiger partial charge in [-0.25, -0.2) is 27.8 Å². The quantitative estimate of drug-likeness (QED) is 0.347. The Balaban J connectivity index is 1.51. The van der Waals surface area contributed by atoms with Crippen molar-refractivity contribution in [3.05, 3.63) is 42.1 Å². The lowest BCUT2D eigenvalue weighted by Gasteiger charge is -2.38. The Kier molecular flexibility index (Phi) is 5.29. The fraction of sp³-hybridized carbons (Fsp3) is 0.286. The third-order valence-electron chi connectivity index (χ3n) is 5.71. The number of sulfone groups is 1. The largest absolute Gasteiger partial charge is 0.344 e. The first kappa shape index (κ1) is 22.9. The Bertz CT molecular complexity index is 1610. The number of likely N-dealkylation sites (tertiary alicyclic amines) is 1. The van der Waals surface area contributed by atoms with E-state index in [9.17, 15) is 22.4 Å². The van der Waals surface area contributed by atoms with E-state index in [0.29, 0.717) is 24.3 Å². The fourth-order valence-electron chi connectivity index (χ4n) is 3.96. The van der Waals surface area contributed by atoms with Crippen molar-refractivity contribution in [2.75, 3.05) is 19.3 Å². The number of nitrogens with one attached hydrogen (secondary N) is 2. The number of carbonyl (C=O) groups excluding carboxylic acids is 2. The molecule has 2 amide bonds. The van der Waals surface area contributed by atoms with Crippen molar-refractivity contribution < 1.29 is 22.4 Å². The number of halogens is 1. The van der Waals surface area contributed by atoms with Crippen molar-refractivity contribution in [2.24, 2.45) is 5.73 Å². The van der Waals surface area contributed by atoms with Crippen molar-refractivity contribution in [3.8, 4) is 11.4 Å². The van der Waals surface area contributed by atoms with E-state index in [4.69, 9.17) is 5.73 Å². The summed E-state index contributed by atoms with van der Waals surface area (Å²) < 4.78 is 39.4. The SMILES string of the molecule is C[C@@H](NC(=O)c1c[nH]c2ncc(-c3nc(S(C)(=O)=O)n4cc(F)ccc34)nc12)C(=O)N1CC(N)C1. The Labute approximate surface area is 198 Å². The number of hydrogen-bond acceptors (Lipinski definition) is 8. The van der Waals surface area contributed by atoms with Crippen LogP contribution in [0.3, 0.4) is 0 Å². The zero-order valence-corrected chi connectivity index (χ0v) is 19.5. The predicted molar refractivity (Wildman–Crippen MR) is 123 cm³/mol. The van der Waals surface area contributed by atoms with Crippen molar-refractivity contribution in [1.29, 1.82) is 0 Å². The number of hydrogen-bond donors (Lipinski definition) is 3. The number of carbonyl (C=O) groups is 2. The molecule has 0 saturated carbocycles. The summed E-state index contributed by atoms with van der Waals surface area (Å²) in [5.74, 6) is -1.42. The molecule has 0 bridgehead atoms. The van der Waals surface area contributed by atoms with Gasteiger partial charge >= 0.3 is 0 Å². The summed E-state index contributed by atoms with van der Waals surface area (Å²) in [5, 5.41) is 2.30. The maximum atomic E-state index is 13.8. The first-order chi connectivity index (χ1) is 16.5. The molecule has 5 heterocycles. The van der Waals surface area contributed by atoms with Crippen LogP contribution >= 0.6 is 0 Å². The van der Waals surface area contributed by atoms with Crippen LogP contribution in [0, 0.1) is 5.82 Å². The predicted octanol–water partition coefficient (Wildman–Crippen LogP) is 0.103. The van der Waals surface area contributed by atoms with Gasteiger partial charge in [-0.1, -0.05) is 0 Å². The molecule has 0 aliphatic carbocycles. The Morgan fingerprint density at radius 2 is 2.03 bits per heavy atom. The van der Waals surface area contributed by atoms with Crippen LogP contribution < -0.4 is 11.1 Å². The molecule has 4 aromatic rings. The molecule has 5 rings (SSSR count). The van der Waals surface area contributed by atoms with Gasteiger partial charge in [0.1, 0.15) is 28.8 Å². The van der Waals surface area contributed by atoms with Crippen LogP contribution in [0.1, 0.15) is 17.3 Å². The standard InChI is InChI=1S/C21H21FN8O4S/c1-10(20(32)29-8-12(23)9-29)26-19(31)13-5-24-18-16(13)27-14(6-25-18)17-15-4-3-11(22)7-30(15)21(28-17)35(2,33)34/h3-7,10,12H,8-9,23H2,1-2H3,(H,24,25)(H,26,31)/t10-/m1/s1. The number of imidazole rings is 1. The first-order valence-electron chi connectivity index (χ1n) is 10.6. The molecule has 0 radical (unpaired) electrons. The van der Waals surface area contributed by atoms with Gasteiger partial charge in [0.2, 0.25) is 20.9 Å². The highest BCUT2D eigenvalue weighted by molar-refractivity contribution is 7.90. The molecule has 1 saturated heterocycles. The number of nitrogens with two attached hydrogens (primary N) is 1. The molecule has 1 fully saturated rings. The summed E-state index contributed by atoms with van der Waals surface area (Å²) in [7, 11) is -3.79. The number of aromatic amines is 1. The second kappa shape index (κ2) is 8.09. The number of rotatable bonds is 5. The average Bonchev–Trinajstić information content (AvgIpc) is 3.37. The smallest absolute Gasteiger partial charge is 0.255 e. The number of fused-ring (bicyclic) bond motifs is 2. The van der Waals surface area contributed by atoms with E-state index in [1.807, 2.05) is 0 Å². The van der Waals surface area contributed by atoms with E-state index in [1.165, 1.54) is 24.5 Å². The number of pyridine rings is 1. The van der Waals surface area contributed by atoms with Gasteiger partial charge in [0.15, 0.2) is 5.65 Å². The van der Waals surface area contributed by atoms with Crippen LogP contribution in [0.4, 0.5) is 4.39 Å². The summed E-state index contributed by atoms with van der Waals surface area (Å²) in [6.07, 6.45) is 4.78. The first-order valence-corrected chi connectivity index (χ1v) is 12.5. The molecule has 4 aromatic heterocycles. The molecule has 4 N–H and O–H groups in total. The summed E-state index contributed by atoms with van der Waals surface area (Å²) in [4.78, 5) is 42.7. The lowest BCUT2D eigenvalue weighted by atomic mass is 10.1. The minimum absolute atomic E-state index is 0.0529. The number of amides is 2. The van der Waals surface area contributed by atoms with E-state index in [-0.39, 0.29) is 39.6 Å². The molecule has 35 heavy (non-hydrogen) atoms. The van der Waals surface area contributed by atoms with E-state index >= 15 is 0 Å². The van der Waals surface area contributed by atoms with Gasteiger partial charge in [0, 0.05) is 37.8 Å². The minimum Gasteiger partial charge on any atom is -0.344 e. The molecule has 0 aromatic carbocycles. The van der Waals surface area contributed by atoms with Crippen molar-refractivity contribution in [3.63, 3.8) is 0 Å². The van der Waals surface area contributed by atoms with E-state index in [0.717, 1.165) is 16.9 Å². The molecule has 1 aliphatic heterocycles. The van der Waals surface area contributed by atoms with Crippen LogP contribution in [0.15, 0.2) is 35.9 Å². The van der Waals surface area contributed by atoms with Gasteiger partial charge in [-0.15, -0.1) is 0 Å². The third-order valence-corrected chi connectivity index (χ3v) is 6.66. The topological polar surface area (TPSA) is 168 Å². The van der Waals surface area contributed by atoms with Gasteiger partial charge in [0.25, 0.3) is 5.91 Å². The highest BCUT2D eigenvalue weighted by atomic mass is 32.2. The Morgan fingerprint density at radius 1 is 1.29 bits per heavy atom. The lowest BCUT2D eigenvalue weighted by molar-refractivity contribution is -0.137. The molecule has 1 atom stereocenters. The zero-order chi connectivity index (χ0) is 25.1. The third kappa shape index (κ3) is 4.00. The summed E-state index contributed by atoms with van der Waals surface area (Å²) in [5.41, 5.74) is 7.02. The highest BCUT2D eigenvalue weighted by Crippen LogP contribution is 2.27. The van der Waals surface area contributed by atoms with Crippen LogP contribution in [-0.4, -0.2) is 80.9 Å². The van der Waals surface area contributed by atoms with E-state index < -0.39 is 27.6 Å². The summed E-state index contributed by atoms with van der Waals surface area (Å²) in [6, 6.07) is 1.73. The highest BCUT2D eigenvalue weighted by Gasteiger charge is 2.31. The number of H-pyrrole nitrogens is 1. The summed E-state index contributed by atoms with van der Waals surface area (Å²) in [6.45, 7) is 2.47. The lowest BCUT2D eigenvalue weighted by Crippen LogP contribution is -2.61. The van der Waals surface area contributed by atoms with Gasteiger partial charge in [-0.2, -0.15) is 0 Å². The van der Waals surface area contributed by atoms with Crippen molar-refractivity contribution in [2.45, 2.75) is 24.2 Å². The maximum absolute atomic E-state index is 13.8. The maximum Gasteiger partial charge on any atom is 0.255 e. The van der Waals surface area contributed by atoms with Crippen molar-refractivity contribution in [1.82, 2.24) is 34.6 Å². The van der Waals surface area contributed by atoms with E-state index in [2.05, 4.69) is 25.3 Å². The molecule has 14 heteroatoms. The molecule has 12 nitrogen and oxygen atoms in total. The minimum atomic E-state index is -3.79. The molecule has 0 unspecified atom stereocenters. The number of aromatic nitrogens is 5. The van der Waals surface area contributed by atoms with Crippen LogP contribution in [0.2, 0.25) is 0 Å². The fourth-order valence-corrected chi connectivity index (χ4v) is 4.73. The molecule has 182 valence electrons. The monoisotopic (exact) mass is 500 g/mol. The number of nitrogens with zero attached hydrogens (tertiary/aromatic N) is 5. The van der Waals surface area contributed by atoms with Gasteiger partial charge in [0.05, 0.1) is 17.3 Å². The van der Waals surface area contributed by atoms with Gasteiger partial charge < -0.3 is 20.9 Å². The Hall–Kier alpha value is -3.91. The zero-order valence-electron chi connectivity index (χ0n) is 18.7. The van der Waals surface area contributed by atoms with Gasteiger partial charge in [-0.3, -0.25) is 14.0 Å². The van der Waals surface area contributed by atoms with Crippen LogP contribution in [0.25, 0.3) is 28.1 Å². The van der Waals surface area contributed by atoms with Crippen molar-refractivity contribution >= 4 is 38.3 Å². The normalized spacial score (nSPS) is 15.4. The second-order valence-corrected chi connectivity index (χ2v) is 10.4. The second-order valence-electron chi connectivity index (χ2n) is 8.47. The molecular formula is C21H21FN8O4S. The molecule has 0 spiro atoms. The van der Waals surface area contributed by atoms with Crippen LogP contribution in [-0.2, 0) is 14.6 Å².